The Kier molecular flexibility index (Phi) is 6.53. The number of carbonyl (C=O) groups excluding carboxylic acids is 1. The van der Waals surface area contributed by atoms with Crippen molar-refractivity contribution in [1.82, 2.24) is 10.4 Å². The van der Waals surface area contributed by atoms with Crippen molar-refractivity contribution in [3.05, 3.63) is 55.6 Å². The minimum atomic E-state index is -0.248. The number of rotatable bonds is 5. The molecular weight excluding hydrogens is 480 g/mol. The number of benzene rings is 1. The summed E-state index contributed by atoms with van der Waals surface area (Å²) in [6.07, 6.45) is 4.87. The molecule has 2 aromatic rings. The van der Waals surface area contributed by atoms with Crippen LogP contribution >= 0.6 is 47.8 Å². The Balaban J connectivity index is 1.87. The van der Waals surface area contributed by atoms with E-state index in [0.29, 0.717) is 0 Å². The maximum atomic E-state index is 11.8. The summed E-state index contributed by atoms with van der Waals surface area (Å²) in [7, 11) is 0. The van der Waals surface area contributed by atoms with Crippen LogP contribution in [0.4, 0.5) is 5.69 Å². The van der Waals surface area contributed by atoms with Crippen molar-refractivity contribution < 1.29 is 4.79 Å². The van der Waals surface area contributed by atoms with E-state index in [1.165, 1.54) is 6.21 Å². The Morgan fingerprint density at radius 1 is 1.27 bits per heavy atom. The van der Waals surface area contributed by atoms with Gasteiger partial charge in [-0.3, -0.25) is 9.78 Å². The summed E-state index contributed by atoms with van der Waals surface area (Å²) in [6, 6.07) is 7.43. The van der Waals surface area contributed by atoms with Crippen LogP contribution in [-0.2, 0) is 4.79 Å². The van der Waals surface area contributed by atoms with Crippen LogP contribution in [0.5, 0.6) is 0 Å². The molecule has 8 heteroatoms. The normalized spacial score (nSPS) is 10.7. The zero-order chi connectivity index (χ0) is 15.9. The number of aromatic nitrogens is 1. The predicted molar refractivity (Wildman–Crippen MR) is 98.0 cm³/mol. The topological polar surface area (TPSA) is 66.4 Å². The maximum Gasteiger partial charge on any atom is 0.259 e. The second-order valence-electron chi connectivity index (χ2n) is 4.18. The standard InChI is InChI=1S/C14H11Br3N4O/c15-10-4-11(16)14(12(17)5-10)19-8-13(22)21-20-7-9-2-1-3-18-6-9/h1-7,19H,8H2,(H,21,22)/b20-7+. The highest BCUT2D eigenvalue weighted by atomic mass is 79.9. The first-order chi connectivity index (χ1) is 10.6. The van der Waals surface area contributed by atoms with Gasteiger partial charge in [0.1, 0.15) is 0 Å². The number of nitrogens with one attached hydrogen (secondary N) is 2. The van der Waals surface area contributed by atoms with Crippen LogP contribution in [0.15, 0.2) is 55.2 Å². The van der Waals surface area contributed by atoms with Gasteiger partial charge in [-0.05, 0) is 50.1 Å². The molecule has 1 aromatic carbocycles. The van der Waals surface area contributed by atoms with E-state index in [1.54, 1.807) is 18.5 Å². The number of nitrogens with zero attached hydrogens (tertiary/aromatic N) is 2. The molecule has 0 aliphatic heterocycles. The quantitative estimate of drug-likeness (QED) is 0.493. The summed E-state index contributed by atoms with van der Waals surface area (Å²) in [5.74, 6) is -0.248. The summed E-state index contributed by atoms with van der Waals surface area (Å²) < 4.78 is 2.63. The molecule has 0 aliphatic carbocycles. The third kappa shape index (κ3) is 5.19. The Hall–Kier alpha value is -1.25. The lowest BCUT2D eigenvalue weighted by Gasteiger charge is -2.10. The molecule has 5 nitrogen and oxygen atoms in total. The zero-order valence-electron chi connectivity index (χ0n) is 11.2. The number of hydrazone groups is 1. The lowest BCUT2D eigenvalue weighted by atomic mass is 10.3. The minimum absolute atomic E-state index is 0.100. The van der Waals surface area contributed by atoms with Crippen molar-refractivity contribution in [2.45, 2.75) is 0 Å². The molecule has 2 N–H and O–H groups in total. The van der Waals surface area contributed by atoms with Gasteiger partial charge >= 0.3 is 0 Å². The van der Waals surface area contributed by atoms with Gasteiger partial charge in [-0.1, -0.05) is 22.0 Å². The average molecular weight is 491 g/mol. The van der Waals surface area contributed by atoms with Crippen LogP contribution in [0.1, 0.15) is 5.56 Å². The highest BCUT2D eigenvalue weighted by Crippen LogP contribution is 2.34. The van der Waals surface area contributed by atoms with E-state index in [-0.39, 0.29) is 12.5 Å². The van der Waals surface area contributed by atoms with E-state index in [0.717, 1.165) is 24.7 Å². The van der Waals surface area contributed by atoms with Gasteiger partial charge in [0.15, 0.2) is 0 Å². The van der Waals surface area contributed by atoms with E-state index < -0.39 is 0 Å². The third-order valence-electron chi connectivity index (χ3n) is 2.52. The van der Waals surface area contributed by atoms with E-state index in [9.17, 15) is 4.79 Å². The summed E-state index contributed by atoms with van der Waals surface area (Å²) in [4.78, 5) is 15.7. The van der Waals surface area contributed by atoms with Crippen LogP contribution in [0.2, 0.25) is 0 Å². The number of hydrogen-bond donors (Lipinski definition) is 2. The molecule has 0 bridgehead atoms. The Labute approximate surface area is 153 Å². The van der Waals surface area contributed by atoms with Gasteiger partial charge in [0.05, 0.1) is 18.4 Å². The summed E-state index contributed by atoms with van der Waals surface area (Å²) in [5, 5.41) is 6.92. The van der Waals surface area contributed by atoms with Crippen molar-refractivity contribution >= 4 is 65.6 Å². The van der Waals surface area contributed by atoms with Crippen molar-refractivity contribution in [3.63, 3.8) is 0 Å². The van der Waals surface area contributed by atoms with E-state index in [2.05, 4.69) is 68.6 Å². The van der Waals surface area contributed by atoms with Crippen LogP contribution in [-0.4, -0.2) is 23.7 Å². The first-order valence-electron chi connectivity index (χ1n) is 6.16. The predicted octanol–water partition coefficient (Wildman–Crippen LogP) is 3.93. The first-order valence-corrected chi connectivity index (χ1v) is 8.54. The van der Waals surface area contributed by atoms with Gasteiger partial charge in [-0.2, -0.15) is 5.10 Å². The van der Waals surface area contributed by atoms with Crippen molar-refractivity contribution in [2.75, 3.05) is 11.9 Å². The highest BCUT2D eigenvalue weighted by Gasteiger charge is 2.08. The summed E-state index contributed by atoms with van der Waals surface area (Å²) in [6.45, 7) is 0.100. The zero-order valence-corrected chi connectivity index (χ0v) is 15.9. The lowest BCUT2D eigenvalue weighted by Crippen LogP contribution is -2.26. The molecule has 0 atom stereocenters. The lowest BCUT2D eigenvalue weighted by molar-refractivity contribution is -0.119. The molecule has 0 spiro atoms. The molecule has 0 saturated heterocycles. The highest BCUT2D eigenvalue weighted by molar-refractivity contribution is 9.11. The summed E-state index contributed by atoms with van der Waals surface area (Å²) >= 11 is 10.3. The molecule has 0 fully saturated rings. The van der Waals surface area contributed by atoms with Crippen molar-refractivity contribution in [3.8, 4) is 0 Å². The fourth-order valence-electron chi connectivity index (χ4n) is 1.55. The van der Waals surface area contributed by atoms with Gasteiger partial charge in [0, 0.05) is 31.4 Å². The van der Waals surface area contributed by atoms with E-state index in [4.69, 9.17) is 0 Å². The molecule has 0 unspecified atom stereocenters. The molecule has 114 valence electrons. The first kappa shape index (κ1) is 17.1. The second kappa shape index (κ2) is 8.40. The van der Waals surface area contributed by atoms with Gasteiger partial charge in [-0.15, -0.1) is 0 Å². The molecule has 1 aromatic heterocycles. The SMILES string of the molecule is O=C(CNc1c(Br)cc(Br)cc1Br)N/N=C/c1cccnc1. The largest absolute Gasteiger partial charge is 0.374 e. The second-order valence-corrected chi connectivity index (χ2v) is 6.80. The molecular formula is C14H11Br3N4O. The van der Waals surface area contributed by atoms with Crippen molar-refractivity contribution in [2.24, 2.45) is 5.10 Å². The van der Waals surface area contributed by atoms with Crippen LogP contribution < -0.4 is 10.7 Å². The molecule has 1 amide bonds. The monoisotopic (exact) mass is 488 g/mol. The third-order valence-corrected chi connectivity index (χ3v) is 4.23. The van der Waals surface area contributed by atoms with E-state index in [1.807, 2.05) is 18.2 Å². The van der Waals surface area contributed by atoms with Gasteiger partial charge in [-0.25, -0.2) is 5.43 Å². The minimum Gasteiger partial charge on any atom is -0.374 e. The Morgan fingerprint density at radius 3 is 2.64 bits per heavy atom. The number of pyridine rings is 1. The van der Waals surface area contributed by atoms with E-state index >= 15 is 0 Å². The smallest absolute Gasteiger partial charge is 0.259 e. The molecule has 1 heterocycles. The number of anilines is 1. The molecule has 22 heavy (non-hydrogen) atoms. The van der Waals surface area contributed by atoms with Crippen molar-refractivity contribution in [1.29, 1.82) is 0 Å². The van der Waals surface area contributed by atoms with Crippen LogP contribution in [0.25, 0.3) is 0 Å². The molecule has 0 saturated carbocycles. The molecule has 2 rings (SSSR count). The number of amides is 1. The Bertz CT molecular complexity index is 669. The molecule has 0 aliphatic rings. The average Bonchev–Trinajstić information content (AvgIpc) is 2.47. The van der Waals surface area contributed by atoms with Crippen LogP contribution in [0, 0.1) is 0 Å². The maximum absolute atomic E-state index is 11.8. The summed E-state index contributed by atoms with van der Waals surface area (Å²) in [5.41, 5.74) is 4.07. The number of halogens is 3. The Morgan fingerprint density at radius 2 is 2.00 bits per heavy atom. The fraction of sp³-hybridized carbons (Fsp3) is 0.0714. The van der Waals surface area contributed by atoms with Gasteiger partial charge in [0.2, 0.25) is 0 Å². The number of hydrogen-bond acceptors (Lipinski definition) is 4. The fourth-order valence-corrected chi connectivity index (χ4v) is 4.09. The van der Waals surface area contributed by atoms with Gasteiger partial charge < -0.3 is 5.32 Å². The number of carbonyl (C=O) groups is 1. The van der Waals surface area contributed by atoms with Crippen LogP contribution in [0.3, 0.4) is 0 Å². The molecule has 0 radical (unpaired) electrons. The van der Waals surface area contributed by atoms with Gasteiger partial charge in [0.25, 0.3) is 5.91 Å².